The lowest BCUT2D eigenvalue weighted by molar-refractivity contribution is -0.384. The number of carbonyl (C=O) groups excluding carboxylic acids is 1. The largest absolute Gasteiger partial charge is 0.466 e. The third kappa shape index (κ3) is 6.26. The van der Waals surface area contributed by atoms with Gasteiger partial charge in [-0.15, -0.1) is 11.8 Å². The number of ether oxygens (including phenoxy) is 1. The van der Waals surface area contributed by atoms with E-state index in [1.54, 1.807) is 31.0 Å². The van der Waals surface area contributed by atoms with Gasteiger partial charge in [-0.05, 0) is 25.2 Å². The second kappa shape index (κ2) is 9.94. The third-order valence-electron chi connectivity index (χ3n) is 2.71. The van der Waals surface area contributed by atoms with Crippen LogP contribution in [0, 0.1) is 10.1 Å². The molecule has 0 saturated carbocycles. The Hall–Kier alpha value is -1.89. The highest BCUT2D eigenvalue weighted by atomic mass is 32.2. The Morgan fingerprint density at radius 2 is 2.23 bits per heavy atom. The maximum absolute atomic E-state index is 11.2. The molecule has 0 saturated heterocycles. The Balaban J connectivity index is 2.65. The Labute approximate surface area is 134 Å². The van der Waals surface area contributed by atoms with E-state index in [9.17, 15) is 14.9 Å². The number of thioether (sulfide) groups is 1. The molecule has 0 aliphatic heterocycles. The second-order valence-electron chi connectivity index (χ2n) is 4.36. The zero-order valence-electron chi connectivity index (χ0n) is 12.8. The number of esters is 1. The molecule has 120 valence electrons. The summed E-state index contributed by atoms with van der Waals surface area (Å²) < 4.78 is 4.83. The molecule has 0 aromatic heterocycles. The maximum atomic E-state index is 11.2. The molecule has 1 aromatic carbocycles. The summed E-state index contributed by atoms with van der Waals surface area (Å²) in [6.45, 7) is 4.66. The van der Waals surface area contributed by atoms with Crippen LogP contribution < -0.4 is 0 Å². The first-order valence-corrected chi connectivity index (χ1v) is 8.13. The second-order valence-corrected chi connectivity index (χ2v) is 5.66. The van der Waals surface area contributed by atoms with Crippen molar-refractivity contribution in [3.63, 3.8) is 0 Å². The van der Waals surface area contributed by atoms with Gasteiger partial charge in [-0.25, -0.2) is 0 Å². The van der Waals surface area contributed by atoms with Gasteiger partial charge in [0, 0.05) is 41.8 Å². The number of aliphatic imine (C=N–C) groups is 1. The first-order valence-electron chi connectivity index (χ1n) is 7.15. The van der Waals surface area contributed by atoms with Crippen LogP contribution in [0.4, 0.5) is 5.69 Å². The van der Waals surface area contributed by atoms with Crippen LogP contribution in [0.15, 0.2) is 28.1 Å². The van der Waals surface area contributed by atoms with Gasteiger partial charge in [0.25, 0.3) is 5.69 Å². The van der Waals surface area contributed by atoms with Gasteiger partial charge in [0.05, 0.1) is 11.5 Å². The van der Waals surface area contributed by atoms with E-state index in [2.05, 4.69) is 4.99 Å². The molecule has 0 amide bonds. The summed E-state index contributed by atoms with van der Waals surface area (Å²) in [6, 6.07) is 4.76. The van der Waals surface area contributed by atoms with Gasteiger partial charge in [-0.2, -0.15) is 0 Å². The maximum Gasteiger partial charge on any atom is 0.305 e. The average Bonchev–Trinajstić information content (AvgIpc) is 2.48. The zero-order chi connectivity index (χ0) is 16.4. The number of nitrogens with zero attached hydrogens (tertiary/aromatic N) is 2. The van der Waals surface area contributed by atoms with Crippen LogP contribution >= 0.6 is 11.8 Å². The highest BCUT2D eigenvalue weighted by Crippen LogP contribution is 2.25. The summed E-state index contributed by atoms with van der Waals surface area (Å²) in [6.07, 6.45) is 2.56. The molecule has 0 N–H and O–H groups in total. The van der Waals surface area contributed by atoms with Gasteiger partial charge in [0.15, 0.2) is 0 Å². The highest BCUT2D eigenvalue weighted by Gasteiger charge is 2.09. The fourth-order valence-electron chi connectivity index (χ4n) is 1.75. The van der Waals surface area contributed by atoms with Crippen molar-refractivity contribution in [1.82, 2.24) is 0 Å². The lowest BCUT2D eigenvalue weighted by atomic mass is 10.2. The van der Waals surface area contributed by atoms with Gasteiger partial charge in [0.2, 0.25) is 0 Å². The molecule has 0 aliphatic carbocycles. The number of hydrogen-bond donors (Lipinski definition) is 0. The van der Waals surface area contributed by atoms with Crippen molar-refractivity contribution in [3.8, 4) is 0 Å². The standard InChI is InChI=1S/C15H20N2O4S/c1-3-21-15(18)6-5-9-16-11-12-10-13(17(19)20)7-8-14(12)22-4-2/h7-8,10-11H,3-6,9H2,1-2H3/b16-11+. The van der Waals surface area contributed by atoms with Crippen LogP contribution in [0.1, 0.15) is 32.3 Å². The number of benzene rings is 1. The molecular formula is C15H20N2O4S. The van der Waals surface area contributed by atoms with Crippen LogP contribution in [-0.4, -0.2) is 36.0 Å². The van der Waals surface area contributed by atoms with Gasteiger partial charge in [0.1, 0.15) is 0 Å². The average molecular weight is 324 g/mol. The minimum absolute atomic E-state index is 0.0495. The van der Waals surface area contributed by atoms with Crippen molar-refractivity contribution in [2.75, 3.05) is 18.9 Å². The molecule has 22 heavy (non-hydrogen) atoms. The normalized spacial score (nSPS) is 10.8. The van der Waals surface area contributed by atoms with Crippen LogP contribution in [0.3, 0.4) is 0 Å². The van der Waals surface area contributed by atoms with Gasteiger partial charge < -0.3 is 4.74 Å². The number of nitro benzene ring substituents is 1. The minimum Gasteiger partial charge on any atom is -0.466 e. The van der Waals surface area contributed by atoms with Crippen LogP contribution in [0.25, 0.3) is 0 Å². The summed E-state index contributed by atoms with van der Waals surface area (Å²) in [5.74, 6) is 0.650. The monoisotopic (exact) mass is 324 g/mol. The molecule has 0 heterocycles. The van der Waals surface area contributed by atoms with Gasteiger partial charge in [-0.3, -0.25) is 19.9 Å². The summed E-state index contributed by atoms with van der Waals surface area (Å²) in [5, 5.41) is 10.8. The van der Waals surface area contributed by atoms with Crippen molar-refractivity contribution >= 4 is 29.6 Å². The highest BCUT2D eigenvalue weighted by molar-refractivity contribution is 7.99. The predicted octanol–water partition coefficient (Wildman–Crippen LogP) is 3.47. The molecule has 0 atom stereocenters. The first kappa shape index (κ1) is 18.2. The smallest absolute Gasteiger partial charge is 0.305 e. The summed E-state index contributed by atoms with van der Waals surface area (Å²) >= 11 is 1.61. The van der Waals surface area contributed by atoms with Crippen molar-refractivity contribution in [1.29, 1.82) is 0 Å². The quantitative estimate of drug-likeness (QED) is 0.173. The molecule has 0 aliphatic rings. The van der Waals surface area contributed by atoms with E-state index in [4.69, 9.17) is 4.74 Å². The molecule has 0 unspecified atom stereocenters. The Kier molecular flexibility index (Phi) is 8.21. The van der Waals surface area contributed by atoms with E-state index >= 15 is 0 Å². The number of nitro groups is 1. The van der Waals surface area contributed by atoms with Crippen molar-refractivity contribution in [3.05, 3.63) is 33.9 Å². The molecular weight excluding hydrogens is 304 g/mol. The van der Waals surface area contributed by atoms with E-state index in [1.165, 1.54) is 12.1 Å². The summed E-state index contributed by atoms with van der Waals surface area (Å²) in [7, 11) is 0. The molecule has 1 aromatic rings. The molecule has 0 bridgehead atoms. The van der Waals surface area contributed by atoms with Crippen LogP contribution in [0.5, 0.6) is 0 Å². The SMILES string of the molecule is CCOC(=O)CCC/N=C/c1cc([N+](=O)[O-])ccc1SCC. The topological polar surface area (TPSA) is 81.8 Å². The molecule has 0 spiro atoms. The first-order chi connectivity index (χ1) is 10.6. The van der Waals surface area contributed by atoms with E-state index in [0.29, 0.717) is 26.0 Å². The number of rotatable bonds is 9. The van der Waals surface area contributed by atoms with Crippen molar-refractivity contribution < 1.29 is 14.5 Å². The molecule has 1 rings (SSSR count). The van der Waals surface area contributed by atoms with E-state index in [-0.39, 0.29) is 11.7 Å². The summed E-state index contributed by atoms with van der Waals surface area (Å²) in [5.41, 5.74) is 0.783. The van der Waals surface area contributed by atoms with Crippen LogP contribution in [-0.2, 0) is 9.53 Å². The van der Waals surface area contributed by atoms with E-state index in [1.807, 2.05) is 6.92 Å². The molecule has 6 nitrogen and oxygen atoms in total. The number of carbonyl (C=O) groups is 1. The Bertz CT molecular complexity index is 546. The van der Waals surface area contributed by atoms with Crippen LogP contribution in [0.2, 0.25) is 0 Å². The summed E-state index contributed by atoms with van der Waals surface area (Å²) in [4.78, 5) is 26.8. The predicted molar refractivity (Wildman–Crippen MR) is 87.8 cm³/mol. The van der Waals surface area contributed by atoms with Gasteiger partial charge in [-0.1, -0.05) is 6.92 Å². The molecule has 0 radical (unpaired) electrons. The Morgan fingerprint density at radius 1 is 1.45 bits per heavy atom. The fourth-order valence-corrected chi connectivity index (χ4v) is 2.50. The zero-order valence-corrected chi connectivity index (χ0v) is 13.6. The van der Waals surface area contributed by atoms with E-state index < -0.39 is 4.92 Å². The minimum atomic E-state index is -0.418. The number of non-ortho nitro benzene ring substituents is 1. The molecule has 0 fully saturated rings. The fraction of sp³-hybridized carbons (Fsp3) is 0.467. The van der Waals surface area contributed by atoms with Crippen molar-refractivity contribution in [2.24, 2.45) is 4.99 Å². The van der Waals surface area contributed by atoms with Crippen molar-refractivity contribution in [2.45, 2.75) is 31.6 Å². The third-order valence-corrected chi connectivity index (χ3v) is 3.68. The lowest BCUT2D eigenvalue weighted by Crippen LogP contribution is -2.04. The Morgan fingerprint density at radius 3 is 2.86 bits per heavy atom. The lowest BCUT2D eigenvalue weighted by Gasteiger charge is -2.04. The molecule has 7 heteroatoms. The van der Waals surface area contributed by atoms with E-state index in [0.717, 1.165) is 16.2 Å². The number of hydrogen-bond acceptors (Lipinski definition) is 6. The van der Waals surface area contributed by atoms with Gasteiger partial charge >= 0.3 is 5.97 Å².